The van der Waals surface area contributed by atoms with Crippen molar-refractivity contribution in [3.8, 4) is 11.5 Å². The molecule has 0 aliphatic rings. The summed E-state index contributed by atoms with van der Waals surface area (Å²) in [6.45, 7) is 1.79. The molecule has 4 aromatic rings. The molecular formula is C23H15F6N3O3S. The molecule has 2 aromatic heterocycles. The first-order chi connectivity index (χ1) is 16.9. The molecule has 2 N–H and O–H groups in total. The maximum absolute atomic E-state index is 13.9. The second kappa shape index (κ2) is 9.30. The third-order valence-electron chi connectivity index (χ3n) is 5.09. The normalized spacial score (nSPS) is 12.1. The largest absolute Gasteiger partial charge is 0.456 e. The number of ether oxygens (including phenoxy) is 1. The number of hydrogen-bond acceptors (Lipinski definition) is 5. The number of nitrogens with zero attached hydrogens (tertiary/aromatic N) is 1. The Bertz CT molecular complexity index is 1410. The van der Waals surface area contributed by atoms with Gasteiger partial charge in [0.25, 0.3) is 11.7 Å². The molecule has 0 bridgehead atoms. The number of fused-ring (bicyclic) bond motifs is 1. The number of aromatic amines is 1. The van der Waals surface area contributed by atoms with Gasteiger partial charge in [-0.05, 0) is 48.2 Å². The molecule has 1 amide bonds. The SMILES string of the molecule is CCc1[nH]nc2ccc(Oc3c(C(F)(F)F)cc(NC(=O)C(=O)c4cccs4)cc3C(F)(F)F)cc12. The average Bonchev–Trinajstić information content (AvgIpc) is 3.47. The van der Waals surface area contributed by atoms with Crippen LogP contribution in [0.2, 0.25) is 0 Å². The number of thiophene rings is 1. The number of carbonyl (C=O) groups excluding carboxylic acids is 2. The summed E-state index contributed by atoms with van der Waals surface area (Å²) in [7, 11) is 0. The van der Waals surface area contributed by atoms with Gasteiger partial charge in [0.05, 0.1) is 10.4 Å². The summed E-state index contributed by atoms with van der Waals surface area (Å²) in [6, 6.07) is 7.21. The highest BCUT2D eigenvalue weighted by Crippen LogP contribution is 2.47. The smallest absolute Gasteiger partial charge is 0.420 e. The van der Waals surface area contributed by atoms with Crippen molar-refractivity contribution in [1.29, 1.82) is 0 Å². The van der Waals surface area contributed by atoms with Gasteiger partial charge in [-0.1, -0.05) is 13.0 Å². The minimum absolute atomic E-state index is 0.0272. The van der Waals surface area contributed by atoms with Crippen molar-refractivity contribution in [2.24, 2.45) is 0 Å². The van der Waals surface area contributed by atoms with Crippen LogP contribution in [0.5, 0.6) is 11.5 Å². The standard InChI is InChI=1S/C23H15F6N3O3S/c1-2-16-13-10-12(5-6-17(13)32-31-16)35-20-14(22(24,25)26)8-11(9-15(20)23(27,28)29)30-21(34)19(33)18-4-3-7-36-18/h3-10H,2H2,1H3,(H,30,34)(H,31,32). The molecule has 0 aliphatic carbocycles. The minimum Gasteiger partial charge on any atom is -0.456 e. The Kier molecular flexibility index (Phi) is 6.52. The van der Waals surface area contributed by atoms with Crippen molar-refractivity contribution in [2.75, 3.05) is 5.32 Å². The monoisotopic (exact) mass is 527 g/mol. The van der Waals surface area contributed by atoms with Gasteiger partial charge < -0.3 is 10.1 Å². The minimum atomic E-state index is -5.29. The van der Waals surface area contributed by atoms with E-state index in [4.69, 9.17) is 4.74 Å². The number of anilines is 1. The van der Waals surface area contributed by atoms with Gasteiger partial charge in [-0.3, -0.25) is 14.7 Å². The van der Waals surface area contributed by atoms with Crippen LogP contribution >= 0.6 is 11.3 Å². The molecule has 0 aliphatic heterocycles. The summed E-state index contributed by atoms with van der Waals surface area (Å²) in [5.41, 5.74) is -3.34. The van der Waals surface area contributed by atoms with E-state index in [0.29, 0.717) is 23.0 Å². The molecule has 2 heterocycles. The lowest BCUT2D eigenvalue weighted by molar-refractivity contribution is -0.145. The Morgan fingerprint density at radius 1 is 1.03 bits per heavy atom. The number of rotatable bonds is 6. The Morgan fingerprint density at radius 3 is 2.25 bits per heavy atom. The van der Waals surface area contributed by atoms with Gasteiger partial charge >= 0.3 is 12.4 Å². The van der Waals surface area contributed by atoms with E-state index < -0.39 is 46.6 Å². The van der Waals surface area contributed by atoms with Crippen molar-refractivity contribution >= 4 is 39.6 Å². The summed E-state index contributed by atoms with van der Waals surface area (Å²) in [6.07, 6.45) is -10.1. The number of nitrogens with one attached hydrogen (secondary N) is 2. The first-order valence-electron chi connectivity index (χ1n) is 10.2. The maximum Gasteiger partial charge on any atom is 0.420 e. The van der Waals surface area contributed by atoms with Gasteiger partial charge in [-0.2, -0.15) is 31.4 Å². The van der Waals surface area contributed by atoms with Gasteiger partial charge in [0, 0.05) is 16.8 Å². The number of H-pyrrole nitrogens is 1. The molecule has 0 atom stereocenters. The molecule has 36 heavy (non-hydrogen) atoms. The average molecular weight is 527 g/mol. The first-order valence-corrected chi connectivity index (χ1v) is 11.1. The Balaban J connectivity index is 1.79. The summed E-state index contributed by atoms with van der Waals surface area (Å²) in [5, 5.41) is 10.6. The van der Waals surface area contributed by atoms with E-state index in [0.717, 1.165) is 11.3 Å². The highest BCUT2D eigenvalue weighted by atomic mass is 32.1. The van der Waals surface area contributed by atoms with Crippen molar-refractivity contribution in [1.82, 2.24) is 10.2 Å². The van der Waals surface area contributed by atoms with Crippen LogP contribution in [0, 0.1) is 0 Å². The zero-order chi connectivity index (χ0) is 26.3. The van der Waals surface area contributed by atoms with E-state index in [1.807, 2.05) is 5.32 Å². The number of aryl methyl sites for hydroxylation is 1. The molecule has 4 rings (SSSR count). The third-order valence-corrected chi connectivity index (χ3v) is 5.96. The fourth-order valence-corrected chi connectivity index (χ4v) is 4.09. The van der Waals surface area contributed by atoms with Gasteiger partial charge in [0.1, 0.15) is 16.9 Å². The van der Waals surface area contributed by atoms with Gasteiger partial charge in [0.2, 0.25) is 0 Å². The van der Waals surface area contributed by atoms with E-state index >= 15 is 0 Å². The molecule has 0 radical (unpaired) electrons. The van der Waals surface area contributed by atoms with Gasteiger partial charge in [-0.25, -0.2) is 0 Å². The molecule has 0 unspecified atom stereocenters. The second-order valence-electron chi connectivity index (χ2n) is 7.49. The highest BCUT2D eigenvalue weighted by Gasteiger charge is 2.43. The summed E-state index contributed by atoms with van der Waals surface area (Å²) in [4.78, 5) is 24.3. The summed E-state index contributed by atoms with van der Waals surface area (Å²) < 4.78 is 88.6. The van der Waals surface area contributed by atoms with Gasteiger partial charge in [0.15, 0.2) is 5.75 Å². The number of Topliss-reactive ketones (excluding diaryl/α,β-unsaturated/α-hetero) is 1. The van der Waals surface area contributed by atoms with Crippen LogP contribution in [-0.2, 0) is 23.6 Å². The van der Waals surface area contributed by atoms with Gasteiger partial charge in [-0.15, -0.1) is 11.3 Å². The number of aromatic nitrogens is 2. The van der Waals surface area contributed by atoms with Crippen LogP contribution in [-0.4, -0.2) is 21.9 Å². The lowest BCUT2D eigenvalue weighted by atomic mass is 10.1. The van der Waals surface area contributed by atoms with Crippen LogP contribution in [0.15, 0.2) is 47.8 Å². The van der Waals surface area contributed by atoms with Crippen molar-refractivity contribution in [3.63, 3.8) is 0 Å². The molecule has 13 heteroatoms. The number of hydrogen-bond donors (Lipinski definition) is 2. The molecule has 0 saturated heterocycles. The predicted octanol–water partition coefficient (Wildman–Crippen LogP) is 6.84. The van der Waals surface area contributed by atoms with E-state index in [2.05, 4.69) is 10.2 Å². The molecule has 0 saturated carbocycles. The van der Waals surface area contributed by atoms with E-state index in [-0.39, 0.29) is 22.8 Å². The Labute approximate surface area is 202 Å². The highest BCUT2D eigenvalue weighted by molar-refractivity contribution is 7.13. The molecular weight excluding hydrogens is 512 g/mol. The van der Waals surface area contributed by atoms with Crippen LogP contribution in [0.3, 0.4) is 0 Å². The fourth-order valence-electron chi connectivity index (χ4n) is 3.43. The predicted molar refractivity (Wildman–Crippen MR) is 119 cm³/mol. The number of carbonyl (C=O) groups is 2. The summed E-state index contributed by atoms with van der Waals surface area (Å²) >= 11 is 0.895. The molecule has 0 spiro atoms. The third kappa shape index (κ3) is 5.05. The zero-order valence-electron chi connectivity index (χ0n) is 18.2. The Morgan fingerprint density at radius 2 is 1.69 bits per heavy atom. The number of benzene rings is 2. The second-order valence-corrected chi connectivity index (χ2v) is 8.44. The maximum atomic E-state index is 13.9. The molecule has 0 fully saturated rings. The number of alkyl halides is 6. The van der Waals surface area contributed by atoms with Crippen LogP contribution in [0.25, 0.3) is 10.9 Å². The quantitative estimate of drug-likeness (QED) is 0.163. The van der Waals surface area contributed by atoms with Crippen molar-refractivity contribution in [3.05, 3.63) is 69.5 Å². The Hall–Kier alpha value is -3.87. The first kappa shape index (κ1) is 25.2. The lowest BCUT2D eigenvalue weighted by Gasteiger charge is -2.21. The number of ketones is 1. The molecule has 188 valence electrons. The van der Waals surface area contributed by atoms with E-state index in [1.165, 1.54) is 35.7 Å². The van der Waals surface area contributed by atoms with E-state index in [9.17, 15) is 35.9 Å². The topological polar surface area (TPSA) is 84.1 Å². The summed E-state index contributed by atoms with van der Waals surface area (Å²) in [5.74, 6) is -4.25. The van der Waals surface area contributed by atoms with Crippen molar-refractivity contribution in [2.45, 2.75) is 25.7 Å². The van der Waals surface area contributed by atoms with E-state index in [1.54, 1.807) is 6.92 Å². The number of amides is 1. The lowest BCUT2D eigenvalue weighted by Crippen LogP contribution is -2.23. The molecule has 6 nitrogen and oxygen atoms in total. The molecule has 2 aromatic carbocycles. The van der Waals surface area contributed by atoms with Crippen molar-refractivity contribution < 1.29 is 40.7 Å². The fraction of sp³-hybridized carbons (Fsp3) is 0.174. The zero-order valence-corrected chi connectivity index (χ0v) is 19.0. The van der Waals surface area contributed by atoms with Crippen LogP contribution in [0.1, 0.15) is 33.4 Å². The van der Waals surface area contributed by atoms with Crippen LogP contribution in [0.4, 0.5) is 32.0 Å². The number of halogens is 6. The van der Waals surface area contributed by atoms with Crippen LogP contribution < -0.4 is 10.1 Å².